The third kappa shape index (κ3) is 2.41. The van der Waals surface area contributed by atoms with Crippen molar-refractivity contribution in [3.05, 3.63) is 34.9 Å². The number of aryl methyl sites for hydroxylation is 1. The first-order chi connectivity index (χ1) is 9.29. The number of esters is 1. The summed E-state index contributed by atoms with van der Waals surface area (Å²) in [5.74, 6) is 0.640. The van der Waals surface area contributed by atoms with Crippen molar-refractivity contribution in [3.63, 3.8) is 0 Å². The van der Waals surface area contributed by atoms with Crippen LogP contribution in [0.4, 0.5) is 0 Å². The van der Waals surface area contributed by atoms with Crippen LogP contribution < -0.4 is 0 Å². The van der Waals surface area contributed by atoms with Gasteiger partial charge in [0, 0.05) is 0 Å². The van der Waals surface area contributed by atoms with Crippen LogP contribution in [0.1, 0.15) is 67.1 Å². The summed E-state index contributed by atoms with van der Waals surface area (Å²) < 4.78 is 4.90. The summed E-state index contributed by atoms with van der Waals surface area (Å²) in [6.07, 6.45) is 8.73. The van der Waals surface area contributed by atoms with E-state index in [9.17, 15) is 4.79 Å². The molecule has 0 heterocycles. The van der Waals surface area contributed by atoms with E-state index in [1.54, 1.807) is 0 Å². The number of carbonyl (C=O) groups excluding carboxylic acids is 1. The number of ether oxygens (including phenoxy) is 1. The van der Waals surface area contributed by atoms with Gasteiger partial charge < -0.3 is 4.74 Å². The van der Waals surface area contributed by atoms with E-state index in [-0.39, 0.29) is 11.9 Å². The molecule has 2 aliphatic carbocycles. The van der Waals surface area contributed by atoms with Crippen LogP contribution in [-0.2, 0) is 16.0 Å². The van der Waals surface area contributed by atoms with Crippen molar-refractivity contribution in [2.45, 2.75) is 56.8 Å². The summed E-state index contributed by atoms with van der Waals surface area (Å²) in [4.78, 5) is 11.7. The quantitative estimate of drug-likeness (QED) is 0.751. The van der Waals surface area contributed by atoms with Crippen LogP contribution in [0.25, 0.3) is 0 Å². The van der Waals surface area contributed by atoms with Gasteiger partial charge in [-0.05, 0) is 48.3 Å². The van der Waals surface area contributed by atoms with E-state index in [1.165, 1.54) is 55.9 Å². The summed E-state index contributed by atoms with van der Waals surface area (Å²) in [6, 6.07) is 6.78. The molecule has 19 heavy (non-hydrogen) atoms. The summed E-state index contributed by atoms with van der Waals surface area (Å²) in [6.45, 7) is 0. The molecule has 0 aromatic heterocycles. The molecular formula is C17H22O2. The van der Waals surface area contributed by atoms with Crippen molar-refractivity contribution < 1.29 is 9.53 Å². The third-order valence-electron chi connectivity index (χ3n) is 4.81. The van der Waals surface area contributed by atoms with Crippen LogP contribution in [-0.4, -0.2) is 13.1 Å². The summed E-state index contributed by atoms with van der Waals surface area (Å²) >= 11 is 0. The second kappa shape index (κ2) is 5.36. The molecule has 0 unspecified atom stereocenters. The fourth-order valence-corrected chi connectivity index (χ4v) is 3.71. The Balaban J connectivity index is 1.83. The molecule has 1 saturated carbocycles. The number of hydrogen-bond donors (Lipinski definition) is 0. The number of rotatable bonds is 2. The Morgan fingerprint density at radius 3 is 2.68 bits per heavy atom. The summed E-state index contributed by atoms with van der Waals surface area (Å²) in [5, 5.41) is 0. The molecular weight excluding hydrogens is 236 g/mol. The van der Waals surface area contributed by atoms with Gasteiger partial charge in [0.1, 0.15) is 0 Å². The van der Waals surface area contributed by atoms with Crippen LogP contribution in [0.2, 0.25) is 0 Å². The van der Waals surface area contributed by atoms with E-state index < -0.39 is 0 Å². The zero-order valence-corrected chi connectivity index (χ0v) is 11.7. The Labute approximate surface area is 115 Å². The van der Waals surface area contributed by atoms with Gasteiger partial charge in [-0.3, -0.25) is 4.79 Å². The Morgan fingerprint density at radius 2 is 1.95 bits per heavy atom. The molecule has 1 aromatic rings. The van der Waals surface area contributed by atoms with E-state index in [2.05, 4.69) is 18.2 Å². The Hall–Kier alpha value is -1.31. The molecule has 2 nitrogen and oxygen atoms in total. The predicted octanol–water partition coefficient (Wildman–Crippen LogP) is 3.94. The normalized spacial score (nSPS) is 23.1. The molecule has 1 fully saturated rings. The first-order valence-electron chi connectivity index (χ1n) is 7.50. The van der Waals surface area contributed by atoms with E-state index in [0.717, 1.165) is 18.8 Å². The highest BCUT2D eigenvalue weighted by molar-refractivity contribution is 5.79. The van der Waals surface area contributed by atoms with Gasteiger partial charge in [-0.2, -0.15) is 0 Å². The number of fused-ring (bicyclic) bond motifs is 1. The lowest BCUT2D eigenvalue weighted by molar-refractivity contribution is -0.142. The molecule has 1 aromatic carbocycles. The van der Waals surface area contributed by atoms with Crippen LogP contribution in [0.15, 0.2) is 18.2 Å². The first-order valence-corrected chi connectivity index (χ1v) is 7.50. The van der Waals surface area contributed by atoms with Gasteiger partial charge >= 0.3 is 5.97 Å². The van der Waals surface area contributed by atoms with Crippen molar-refractivity contribution in [1.29, 1.82) is 0 Å². The van der Waals surface area contributed by atoms with Gasteiger partial charge in [0.05, 0.1) is 13.0 Å². The van der Waals surface area contributed by atoms with Crippen LogP contribution in [0.3, 0.4) is 0 Å². The van der Waals surface area contributed by atoms with Crippen LogP contribution >= 0.6 is 0 Å². The predicted molar refractivity (Wildman–Crippen MR) is 75.3 cm³/mol. The zero-order chi connectivity index (χ0) is 13.2. The minimum Gasteiger partial charge on any atom is -0.469 e. The number of hydrogen-bond acceptors (Lipinski definition) is 2. The summed E-state index contributed by atoms with van der Waals surface area (Å²) in [5.41, 5.74) is 4.06. The second-order valence-corrected chi connectivity index (χ2v) is 5.91. The van der Waals surface area contributed by atoms with Gasteiger partial charge in [0.15, 0.2) is 0 Å². The van der Waals surface area contributed by atoms with Gasteiger partial charge in [-0.1, -0.05) is 37.5 Å². The molecule has 2 heteroatoms. The molecule has 0 radical (unpaired) electrons. The highest BCUT2D eigenvalue weighted by Gasteiger charge is 2.30. The minimum absolute atomic E-state index is 0.0274. The van der Waals surface area contributed by atoms with Gasteiger partial charge in [0.2, 0.25) is 0 Å². The monoisotopic (exact) mass is 258 g/mol. The molecule has 0 amide bonds. The summed E-state index contributed by atoms with van der Waals surface area (Å²) in [7, 11) is 1.48. The zero-order valence-electron chi connectivity index (χ0n) is 11.7. The van der Waals surface area contributed by atoms with Crippen LogP contribution in [0, 0.1) is 0 Å². The third-order valence-corrected chi connectivity index (χ3v) is 4.81. The lowest BCUT2D eigenvalue weighted by Gasteiger charge is -2.22. The van der Waals surface area contributed by atoms with E-state index in [0.29, 0.717) is 0 Å². The molecule has 0 N–H and O–H groups in total. The van der Waals surface area contributed by atoms with Gasteiger partial charge in [-0.15, -0.1) is 0 Å². The molecule has 0 saturated heterocycles. The average Bonchev–Trinajstić information content (AvgIpc) is 2.90. The fourth-order valence-electron chi connectivity index (χ4n) is 3.71. The molecule has 102 valence electrons. The maximum absolute atomic E-state index is 11.7. The van der Waals surface area contributed by atoms with Crippen molar-refractivity contribution in [2.24, 2.45) is 0 Å². The van der Waals surface area contributed by atoms with E-state index in [1.807, 2.05) is 0 Å². The topological polar surface area (TPSA) is 26.3 Å². The standard InChI is InChI=1S/C17H22O2/c1-19-17(18)16-10-8-14-11-13(7-9-15(14)16)12-5-3-2-4-6-12/h7,9,11-12,16H,2-6,8,10H2,1H3/t16-/m0/s1. The second-order valence-electron chi connectivity index (χ2n) is 5.91. The maximum Gasteiger partial charge on any atom is 0.313 e. The lowest BCUT2D eigenvalue weighted by Crippen LogP contribution is -2.11. The van der Waals surface area contributed by atoms with Crippen molar-refractivity contribution in [1.82, 2.24) is 0 Å². The Kier molecular flexibility index (Phi) is 3.58. The molecule has 2 aliphatic rings. The van der Waals surface area contributed by atoms with Crippen molar-refractivity contribution in [3.8, 4) is 0 Å². The number of methoxy groups -OCH3 is 1. The average molecular weight is 258 g/mol. The van der Waals surface area contributed by atoms with Gasteiger partial charge in [0.25, 0.3) is 0 Å². The highest BCUT2D eigenvalue weighted by atomic mass is 16.5. The number of carbonyl (C=O) groups is 1. The van der Waals surface area contributed by atoms with Gasteiger partial charge in [-0.25, -0.2) is 0 Å². The van der Waals surface area contributed by atoms with Crippen molar-refractivity contribution >= 4 is 5.97 Å². The largest absolute Gasteiger partial charge is 0.469 e. The van der Waals surface area contributed by atoms with Crippen molar-refractivity contribution in [2.75, 3.05) is 7.11 Å². The molecule has 1 atom stereocenters. The van der Waals surface area contributed by atoms with E-state index in [4.69, 9.17) is 4.74 Å². The maximum atomic E-state index is 11.7. The smallest absolute Gasteiger partial charge is 0.313 e. The lowest BCUT2D eigenvalue weighted by atomic mass is 9.83. The molecule has 3 rings (SSSR count). The van der Waals surface area contributed by atoms with Crippen LogP contribution in [0.5, 0.6) is 0 Å². The molecule has 0 spiro atoms. The van der Waals surface area contributed by atoms with E-state index >= 15 is 0 Å². The Morgan fingerprint density at radius 1 is 1.16 bits per heavy atom. The molecule has 0 aliphatic heterocycles. The minimum atomic E-state index is -0.0795. The SMILES string of the molecule is COC(=O)[C@H]1CCc2cc(C3CCCCC3)ccc21. The molecule has 0 bridgehead atoms. The number of benzene rings is 1. The first kappa shape index (κ1) is 12.7. The fraction of sp³-hybridized carbons (Fsp3) is 0.588. The highest BCUT2D eigenvalue weighted by Crippen LogP contribution is 2.38. The Bertz CT molecular complexity index is 472.